The van der Waals surface area contributed by atoms with Crippen LogP contribution in [0.4, 0.5) is 11.6 Å². The molecule has 0 atom stereocenters. The average molecular weight is 300 g/mol. The highest BCUT2D eigenvalue weighted by Gasteiger charge is 2.09. The highest BCUT2D eigenvalue weighted by molar-refractivity contribution is 5.92. The lowest BCUT2D eigenvalue weighted by molar-refractivity contribution is 0.0944. The Morgan fingerprint density at radius 3 is 2.59 bits per heavy atom. The molecule has 1 amide bonds. The quantitative estimate of drug-likeness (QED) is 0.857. The number of rotatable bonds is 6. The molecule has 1 aromatic heterocycles. The number of nitrogens with one attached hydrogen (secondary N) is 2. The van der Waals surface area contributed by atoms with Gasteiger partial charge in [-0.05, 0) is 36.2 Å². The first-order chi connectivity index (χ1) is 10.6. The maximum absolute atomic E-state index is 12.0. The van der Waals surface area contributed by atoms with Crippen LogP contribution >= 0.6 is 0 Å². The van der Waals surface area contributed by atoms with Gasteiger partial charge in [0.25, 0.3) is 5.91 Å². The fourth-order valence-corrected chi connectivity index (χ4v) is 1.74. The number of methoxy groups -OCH3 is 1. The summed E-state index contributed by atoms with van der Waals surface area (Å²) in [4.78, 5) is 20.3. The molecular weight excluding hydrogens is 280 g/mol. The lowest BCUT2D eigenvalue weighted by atomic mass is 10.2. The number of amides is 1. The van der Waals surface area contributed by atoms with Crippen LogP contribution in [0.25, 0.3) is 0 Å². The van der Waals surface area contributed by atoms with Crippen molar-refractivity contribution >= 4 is 17.5 Å². The third-order valence-electron chi connectivity index (χ3n) is 2.91. The zero-order valence-electron chi connectivity index (χ0n) is 13.0. The molecule has 0 fully saturated rings. The Morgan fingerprint density at radius 2 is 1.95 bits per heavy atom. The molecule has 22 heavy (non-hydrogen) atoms. The second kappa shape index (κ2) is 7.40. The third kappa shape index (κ3) is 4.44. The molecule has 0 aliphatic rings. The molecule has 0 aliphatic heterocycles. The average Bonchev–Trinajstić information content (AvgIpc) is 2.53. The summed E-state index contributed by atoms with van der Waals surface area (Å²) in [6, 6.07) is 8.97. The standard InChI is InChI=1S/C16H20N4O2/c1-11(2)10-18-15(21)14-8-9-17-16(20-14)19-12-4-6-13(22-3)7-5-12/h4-9,11H,10H2,1-3H3,(H,18,21)(H,17,19,20). The Morgan fingerprint density at radius 1 is 1.23 bits per heavy atom. The molecule has 0 radical (unpaired) electrons. The Hall–Kier alpha value is -2.63. The summed E-state index contributed by atoms with van der Waals surface area (Å²) in [7, 11) is 1.62. The molecule has 6 nitrogen and oxygen atoms in total. The van der Waals surface area contributed by atoms with E-state index in [4.69, 9.17) is 4.74 Å². The van der Waals surface area contributed by atoms with Crippen molar-refractivity contribution in [1.29, 1.82) is 0 Å². The Labute approximate surface area is 129 Å². The van der Waals surface area contributed by atoms with E-state index in [0.29, 0.717) is 24.1 Å². The van der Waals surface area contributed by atoms with E-state index in [0.717, 1.165) is 11.4 Å². The molecule has 2 rings (SSSR count). The zero-order chi connectivity index (χ0) is 15.9. The van der Waals surface area contributed by atoms with E-state index in [-0.39, 0.29) is 5.91 Å². The van der Waals surface area contributed by atoms with Crippen molar-refractivity contribution in [2.75, 3.05) is 19.0 Å². The Kier molecular flexibility index (Phi) is 5.30. The van der Waals surface area contributed by atoms with Crippen molar-refractivity contribution in [2.24, 2.45) is 5.92 Å². The highest BCUT2D eigenvalue weighted by atomic mass is 16.5. The first-order valence-electron chi connectivity index (χ1n) is 7.11. The van der Waals surface area contributed by atoms with Crippen molar-refractivity contribution < 1.29 is 9.53 Å². The van der Waals surface area contributed by atoms with Crippen LogP contribution in [0, 0.1) is 5.92 Å². The molecule has 0 bridgehead atoms. The summed E-state index contributed by atoms with van der Waals surface area (Å²) < 4.78 is 5.10. The predicted octanol–water partition coefficient (Wildman–Crippen LogP) is 2.61. The van der Waals surface area contributed by atoms with Gasteiger partial charge < -0.3 is 15.4 Å². The van der Waals surface area contributed by atoms with Gasteiger partial charge >= 0.3 is 0 Å². The van der Waals surface area contributed by atoms with Crippen molar-refractivity contribution in [2.45, 2.75) is 13.8 Å². The molecule has 0 saturated carbocycles. The molecule has 2 aromatic rings. The van der Waals surface area contributed by atoms with Crippen LogP contribution < -0.4 is 15.4 Å². The molecular formula is C16H20N4O2. The molecule has 0 saturated heterocycles. The molecule has 2 N–H and O–H groups in total. The van der Waals surface area contributed by atoms with Gasteiger partial charge in [-0.1, -0.05) is 13.8 Å². The van der Waals surface area contributed by atoms with Crippen molar-refractivity contribution in [3.8, 4) is 5.75 Å². The number of ether oxygens (including phenoxy) is 1. The highest BCUT2D eigenvalue weighted by Crippen LogP contribution is 2.17. The van der Waals surface area contributed by atoms with Gasteiger partial charge in [-0.3, -0.25) is 4.79 Å². The largest absolute Gasteiger partial charge is 0.497 e. The van der Waals surface area contributed by atoms with Crippen LogP contribution in [0.1, 0.15) is 24.3 Å². The molecule has 6 heteroatoms. The van der Waals surface area contributed by atoms with Crippen LogP contribution in [0.3, 0.4) is 0 Å². The lowest BCUT2D eigenvalue weighted by Crippen LogP contribution is -2.28. The molecule has 1 heterocycles. The Balaban J connectivity index is 2.05. The lowest BCUT2D eigenvalue weighted by Gasteiger charge is -2.09. The number of aromatic nitrogens is 2. The summed E-state index contributed by atoms with van der Waals surface area (Å²) in [5, 5.41) is 5.89. The van der Waals surface area contributed by atoms with Crippen LogP contribution in [0.2, 0.25) is 0 Å². The maximum atomic E-state index is 12.0. The SMILES string of the molecule is COc1ccc(Nc2nccc(C(=O)NCC(C)C)n2)cc1. The van der Waals surface area contributed by atoms with E-state index >= 15 is 0 Å². The minimum atomic E-state index is -0.200. The number of nitrogens with zero attached hydrogens (tertiary/aromatic N) is 2. The van der Waals surface area contributed by atoms with Gasteiger partial charge in [-0.15, -0.1) is 0 Å². The number of hydrogen-bond donors (Lipinski definition) is 2. The second-order valence-corrected chi connectivity index (χ2v) is 5.22. The Bertz CT molecular complexity index is 626. The summed E-state index contributed by atoms with van der Waals surface area (Å²) in [6.07, 6.45) is 1.56. The smallest absolute Gasteiger partial charge is 0.270 e. The minimum Gasteiger partial charge on any atom is -0.497 e. The van der Waals surface area contributed by atoms with E-state index < -0.39 is 0 Å². The van der Waals surface area contributed by atoms with Gasteiger partial charge in [0.15, 0.2) is 0 Å². The van der Waals surface area contributed by atoms with Crippen molar-refractivity contribution in [1.82, 2.24) is 15.3 Å². The number of carbonyl (C=O) groups excluding carboxylic acids is 1. The fourth-order valence-electron chi connectivity index (χ4n) is 1.74. The number of hydrogen-bond acceptors (Lipinski definition) is 5. The van der Waals surface area contributed by atoms with E-state index in [1.165, 1.54) is 0 Å². The van der Waals surface area contributed by atoms with E-state index in [9.17, 15) is 4.79 Å². The molecule has 0 unspecified atom stereocenters. The number of anilines is 2. The van der Waals surface area contributed by atoms with E-state index in [2.05, 4.69) is 20.6 Å². The molecule has 1 aromatic carbocycles. The topological polar surface area (TPSA) is 76.1 Å². The second-order valence-electron chi connectivity index (χ2n) is 5.22. The molecule has 0 aliphatic carbocycles. The van der Waals surface area contributed by atoms with Gasteiger partial charge in [0.1, 0.15) is 11.4 Å². The fraction of sp³-hybridized carbons (Fsp3) is 0.312. The van der Waals surface area contributed by atoms with Crippen LogP contribution in [-0.2, 0) is 0 Å². The first-order valence-corrected chi connectivity index (χ1v) is 7.11. The van der Waals surface area contributed by atoms with Crippen molar-refractivity contribution in [3.63, 3.8) is 0 Å². The maximum Gasteiger partial charge on any atom is 0.270 e. The normalized spacial score (nSPS) is 10.4. The van der Waals surface area contributed by atoms with Gasteiger partial charge in [-0.2, -0.15) is 0 Å². The van der Waals surface area contributed by atoms with Crippen molar-refractivity contribution in [3.05, 3.63) is 42.2 Å². The zero-order valence-corrected chi connectivity index (χ0v) is 13.0. The molecule has 0 spiro atoms. The number of benzene rings is 1. The molecule has 116 valence electrons. The van der Waals surface area contributed by atoms with Crippen LogP contribution in [0.5, 0.6) is 5.75 Å². The summed E-state index contributed by atoms with van der Waals surface area (Å²) >= 11 is 0. The first kappa shape index (κ1) is 15.8. The third-order valence-corrected chi connectivity index (χ3v) is 2.91. The summed E-state index contributed by atoms with van der Waals surface area (Å²) in [5.74, 6) is 1.34. The van der Waals surface area contributed by atoms with Crippen LogP contribution in [0.15, 0.2) is 36.5 Å². The minimum absolute atomic E-state index is 0.200. The van der Waals surface area contributed by atoms with Crippen LogP contribution in [-0.4, -0.2) is 29.5 Å². The van der Waals surface area contributed by atoms with E-state index in [1.807, 2.05) is 38.1 Å². The van der Waals surface area contributed by atoms with Gasteiger partial charge in [0, 0.05) is 18.4 Å². The van der Waals surface area contributed by atoms with Gasteiger partial charge in [-0.25, -0.2) is 9.97 Å². The summed E-state index contributed by atoms with van der Waals surface area (Å²) in [6.45, 7) is 4.69. The van der Waals surface area contributed by atoms with E-state index in [1.54, 1.807) is 19.4 Å². The predicted molar refractivity (Wildman–Crippen MR) is 85.5 cm³/mol. The monoisotopic (exact) mass is 300 g/mol. The van der Waals surface area contributed by atoms with Gasteiger partial charge in [0.05, 0.1) is 7.11 Å². The van der Waals surface area contributed by atoms with Gasteiger partial charge in [0.2, 0.25) is 5.95 Å². The summed E-state index contributed by atoms with van der Waals surface area (Å²) in [5.41, 5.74) is 1.16. The number of carbonyl (C=O) groups is 1.